The SMILES string of the molecule is CCCC(C)(C)NC(=O)c1ccc(Br)cc1F. The maximum absolute atomic E-state index is 13.6. The van der Waals surface area contributed by atoms with Gasteiger partial charge >= 0.3 is 0 Å². The molecule has 2 nitrogen and oxygen atoms in total. The lowest BCUT2D eigenvalue weighted by Gasteiger charge is -2.25. The number of nitrogens with one attached hydrogen (secondary N) is 1. The number of rotatable bonds is 4. The third kappa shape index (κ3) is 4.11. The van der Waals surface area contributed by atoms with Gasteiger partial charge in [-0.2, -0.15) is 0 Å². The number of carbonyl (C=O) groups excluding carboxylic acids is 1. The van der Waals surface area contributed by atoms with Gasteiger partial charge in [0.15, 0.2) is 0 Å². The van der Waals surface area contributed by atoms with Gasteiger partial charge in [-0.05, 0) is 38.5 Å². The van der Waals surface area contributed by atoms with Gasteiger partial charge < -0.3 is 5.32 Å². The summed E-state index contributed by atoms with van der Waals surface area (Å²) in [5.74, 6) is -0.877. The summed E-state index contributed by atoms with van der Waals surface area (Å²) in [7, 11) is 0. The minimum Gasteiger partial charge on any atom is -0.347 e. The molecule has 0 spiro atoms. The van der Waals surface area contributed by atoms with E-state index in [0.29, 0.717) is 4.47 Å². The Balaban J connectivity index is 2.83. The first-order chi connectivity index (χ1) is 7.85. The number of halogens is 2. The molecule has 1 N–H and O–H groups in total. The van der Waals surface area contributed by atoms with Gasteiger partial charge in [-0.1, -0.05) is 29.3 Å². The molecule has 0 atom stereocenters. The van der Waals surface area contributed by atoms with Crippen LogP contribution in [0.1, 0.15) is 44.0 Å². The molecule has 0 unspecified atom stereocenters. The highest BCUT2D eigenvalue weighted by Crippen LogP contribution is 2.17. The summed E-state index contributed by atoms with van der Waals surface area (Å²) in [5, 5.41) is 2.84. The van der Waals surface area contributed by atoms with Crippen LogP contribution in [0.2, 0.25) is 0 Å². The molecule has 1 aromatic carbocycles. The van der Waals surface area contributed by atoms with Crippen molar-refractivity contribution in [2.24, 2.45) is 0 Å². The zero-order valence-corrected chi connectivity index (χ0v) is 11.9. The number of benzene rings is 1. The quantitative estimate of drug-likeness (QED) is 0.898. The van der Waals surface area contributed by atoms with Gasteiger partial charge in [0.1, 0.15) is 5.82 Å². The maximum Gasteiger partial charge on any atom is 0.254 e. The van der Waals surface area contributed by atoms with Crippen LogP contribution in [0, 0.1) is 5.82 Å². The summed E-state index contributed by atoms with van der Waals surface area (Å²) in [6, 6.07) is 4.43. The molecule has 0 aliphatic heterocycles. The summed E-state index contributed by atoms with van der Waals surface area (Å²) in [5.41, 5.74) is -0.233. The Labute approximate surface area is 110 Å². The van der Waals surface area contributed by atoms with Crippen molar-refractivity contribution in [1.29, 1.82) is 0 Å². The van der Waals surface area contributed by atoms with E-state index in [2.05, 4.69) is 21.2 Å². The maximum atomic E-state index is 13.6. The van der Waals surface area contributed by atoms with Crippen LogP contribution in [0.25, 0.3) is 0 Å². The van der Waals surface area contributed by atoms with Crippen LogP contribution in [0.15, 0.2) is 22.7 Å². The minimum atomic E-state index is -0.510. The van der Waals surface area contributed by atoms with Crippen molar-refractivity contribution in [2.45, 2.75) is 39.2 Å². The van der Waals surface area contributed by atoms with E-state index in [1.807, 2.05) is 20.8 Å². The second-order valence-electron chi connectivity index (χ2n) is 4.71. The molecule has 0 radical (unpaired) electrons. The molecule has 0 heterocycles. The average Bonchev–Trinajstić information content (AvgIpc) is 2.15. The largest absolute Gasteiger partial charge is 0.347 e. The summed E-state index contributed by atoms with van der Waals surface area (Å²) < 4.78 is 14.2. The average molecular weight is 302 g/mol. The van der Waals surface area contributed by atoms with E-state index < -0.39 is 5.82 Å². The van der Waals surface area contributed by atoms with Crippen molar-refractivity contribution in [3.8, 4) is 0 Å². The van der Waals surface area contributed by atoms with Gasteiger partial charge in [-0.25, -0.2) is 4.39 Å². The van der Waals surface area contributed by atoms with Gasteiger partial charge in [-0.15, -0.1) is 0 Å². The number of carbonyl (C=O) groups is 1. The molecular weight excluding hydrogens is 285 g/mol. The van der Waals surface area contributed by atoms with Crippen molar-refractivity contribution in [2.75, 3.05) is 0 Å². The van der Waals surface area contributed by atoms with E-state index in [-0.39, 0.29) is 17.0 Å². The normalized spacial score (nSPS) is 11.4. The van der Waals surface area contributed by atoms with Crippen LogP contribution < -0.4 is 5.32 Å². The van der Waals surface area contributed by atoms with Crippen LogP contribution in [0.4, 0.5) is 4.39 Å². The van der Waals surface area contributed by atoms with Gasteiger partial charge in [0.2, 0.25) is 0 Å². The highest BCUT2D eigenvalue weighted by atomic mass is 79.9. The lowest BCUT2D eigenvalue weighted by molar-refractivity contribution is 0.0905. The Morgan fingerprint density at radius 2 is 2.12 bits per heavy atom. The molecule has 0 aliphatic carbocycles. The molecule has 0 saturated carbocycles. The molecule has 4 heteroatoms. The fourth-order valence-corrected chi connectivity index (χ4v) is 2.07. The van der Waals surface area contributed by atoms with Gasteiger partial charge in [0.05, 0.1) is 5.56 Å². The molecule has 1 rings (SSSR count). The van der Waals surface area contributed by atoms with Gasteiger partial charge in [-0.3, -0.25) is 4.79 Å². The number of amides is 1. The van der Waals surface area contributed by atoms with E-state index in [0.717, 1.165) is 12.8 Å². The summed E-state index contributed by atoms with van der Waals surface area (Å²) in [4.78, 5) is 11.9. The van der Waals surface area contributed by atoms with Crippen LogP contribution >= 0.6 is 15.9 Å². The summed E-state index contributed by atoms with van der Waals surface area (Å²) >= 11 is 3.16. The molecule has 0 bridgehead atoms. The zero-order chi connectivity index (χ0) is 13.1. The summed E-state index contributed by atoms with van der Waals surface area (Å²) in [6.07, 6.45) is 1.83. The molecule has 94 valence electrons. The third-order valence-electron chi connectivity index (χ3n) is 2.50. The van der Waals surface area contributed by atoms with Crippen LogP contribution in [0.3, 0.4) is 0 Å². The monoisotopic (exact) mass is 301 g/mol. The molecule has 1 amide bonds. The predicted molar refractivity (Wildman–Crippen MR) is 70.6 cm³/mol. The molecule has 0 aromatic heterocycles. The molecule has 17 heavy (non-hydrogen) atoms. The lowest BCUT2D eigenvalue weighted by Crippen LogP contribution is -2.43. The molecule has 0 aliphatic rings. The molecule has 0 saturated heterocycles. The highest BCUT2D eigenvalue weighted by Gasteiger charge is 2.21. The predicted octanol–water partition coefficient (Wildman–Crippen LogP) is 3.90. The molecular formula is C13H17BrFNO. The minimum absolute atomic E-state index is 0.0809. The van der Waals surface area contributed by atoms with E-state index >= 15 is 0 Å². The molecule has 0 fully saturated rings. The fourth-order valence-electron chi connectivity index (χ4n) is 1.74. The first-order valence-corrected chi connectivity index (χ1v) is 6.42. The first-order valence-electron chi connectivity index (χ1n) is 5.63. The highest BCUT2D eigenvalue weighted by molar-refractivity contribution is 9.10. The Morgan fingerprint density at radius 3 is 2.65 bits per heavy atom. The second-order valence-corrected chi connectivity index (χ2v) is 5.63. The Kier molecular flexibility index (Phi) is 4.69. The Bertz CT molecular complexity index is 418. The number of hydrogen-bond donors (Lipinski definition) is 1. The molecule has 1 aromatic rings. The number of hydrogen-bond acceptors (Lipinski definition) is 1. The summed E-state index contributed by atoms with van der Waals surface area (Å²) in [6.45, 7) is 5.92. The van der Waals surface area contributed by atoms with Crippen molar-refractivity contribution in [1.82, 2.24) is 5.32 Å². The van der Waals surface area contributed by atoms with Crippen LogP contribution in [-0.2, 0) is 0 Å². The lowest BCUT2D eigenvalue weighted by atomic mass is 9.98. The first kappa shape index (κ1) is 14.2. The topological polar surface area (TPSA) is 29.1 Å². The van der Waals surface area contributed by atoms with Crippen LogP contribution in [-0.4, -0.2) is 11.4 Å². The van der Waals surface area contributed by atoms with Crippen molar-refractivity contribution in [3.63, 3.8) is 0 Å². The van der Waals surface area contributed by atoms with Crippen molar-refractivity contribution < 1.29 is 9.18 Å². The smallest absolute Gasteiger partial charge is 0.254 e. The standard InChI is InChI=1S/C13H17BrFNO/c1-4-7-13(2,3)16-12(17)10-6-5-9(14)8-11(10)15/h5-6,8H,4,7H2,1-3H3,(H,16,17). The van der Waals surface area contributed by atoms with E-state index in [9.17, 15) is 9.18 Å². The second kappa shape index (κ2) is 5.63. The third-order valence-corrected chi connectivity index (χ3v) is 3.00. The van der Waals surface area contributed by atoms with Gasteiger partial charge in [0.25, 0.3) is 5.91 Å². The van der Waals surface area contributed by atoms with Crippen molar-refractivity contribution >= 4 is 21.8 Å². The van der Waals surface area contributed by atoms with Crippen molar-refractivity contribution in [3.05, 3.63) is 34.1 Å². The zero-order valence-electron chi connectivity index (χ0n) is 10.3. The van der Waals surface area contributed by atoms with E-state index in [1.165, 1.54) is 12.1 Å². The van der Waals surface area contributed by atoms with Crippen LogP contribution in [0.5, 0.6) is 0 Å². The Morgan fingerprint density at radius 1 is 1.47 bits per heavy atom. The van der Waals surface area contributed by atoms with Gasteiger partial charge in [0, 0.05) is 10.0 Å². The van der Waals surface area contributed by atoms with E-state index in [4.69, 9.17) is 0 Å². The fraction of sp³-hybridized carbons (Fsp3) is 0.462. The van der Waals surface area contributed by atoms with E-state index in [1.54, 1.807) is 6.07 Å². The Hall–Kier alpha value is -0.900.